The Balaban J connectivity index is 1.61. The smallest absolute Gasteiger partial charge is 0.287 e. The van der Waals surface area contributed by atoms with Gasteiger partial charge in [0.2, 0.25) is 35.3 Å². The van der Waals surface area contributed by atoms with E-state index < -0.39 is 102 Å². The van der Waals surface area contributed by atoms with Crippen molar-refractivity contribution in [2.45, 2.75) is 123 Å². The van der Waals surface area contributed by atoms with Gasteiger partial charge in [0.15, 0.2) is 0 Å². The second kappa shape index (κ2) is 25.9. The van der Waals surface area contributed by atoms with Crippen LogP contribution in [0.4, 0.5) is 0 Å². The van der Waals surface area contributed by atoms with Crippen molar-refractivity contribution in [2.24, 2.45) is 17.1 Å². The normalized spacial score (nSPS) is 14.0. The maximum atomic E-state index is 14.6. The van der Waals surface area contributed by atoms with Crippen LogP contribution in [-0.2, 0) is 51.3 Å². The first-order valence-corrected chi connectivity index (χ1v) is 23.0. The van der Waals surface area contributed by atoms with E-state index in [1.165, 1.54) is 12.1 Å². The minimum Gasteiger partial charge on any atom is -0.394 e. The van der Waals surface area contributed by atoms with Crippen molar-refractivity contribution >= 4 is 58.2 Å². The number of nitrogens with zero attached hydrogens (tertiary/aromatic N) is 2. The van der Waals surface area contributed by atoms with Crippen LogP contribution in [0.25, 0.3) is 11.0 Å². The Labute approximate surface area is 401 Å². The standard InChI is InChI=1S/C49H66N10O10/c1-8-9-19-34(40(61)42(50)62)51-44(64)36(22-28(2)3)53-48(68)41(49(5,6)7)56-45(65)37(23-31-18-14-13-15-29(31)4)52-47(67)39(27-69-26-30-16-11-10-12-17-30)55-46(66)38(25-60)54-43(63)32-20-21-33-35(24-32)58-59-57-33/h10-18,20-21,24,28,34,36-39,41,60H,8-9,19,22-23,25-27H2,1-7H3,(H2,50,62)(H,51,64)(H,52,67)(H,53,68)(H,54,63)(H,55,66)(H,56,65)(H,57,58,59)/t34-,36-,37-,38-,39+,41+/m0/s1. The molecule has 7 amide bonds. The highest BCUT2D eigenvalue weighted by molar-refractivity contribution is 6.37. The van der Waals surface area contributed by atoms with Gasteiger partial charge in [-0.1, -0.05) is 114 Å². The summed E-state index contributed by atoms with van der Waals surface area (Å²) in [4.78, 5) is 109. The van der Waals surface area contributed by atoms with E-state index in [1.807, 2.05) is 45.9 Å². The molecule has 20 heteroatoms. The van der Waals surface area contributed by atoms with Gasteiger partial charge in [0, 0.05) is 12.0 Å². The molecule has 4 rings (SSSR count). The molecule has 0 bridgehead atoms. The molecule has 0 spiro atoms. The molecule has 4 aromatic rings. The van der Waals surface area contributed by atoms with E-state index in [4.69, 9.17) is 10.5 Å². The van der Waals surface area contributed by atoms with Gasteiger partial charge in [-0.2, -0.15) is 0 Å². The van der Waals surface area contributed by atoms with Crippen LogP contribution in [0.2, 0.25) is 0 Å². The Kier molecular flexibility index (Phi) is 20.5. The summed E-state index contributed by atoms with van der Waals surface area (Å²) in [6.07, 6.45) is 1.42. The van der Waals surface area contributed by atoms with Crippen molar-refractivity contribution in [1.82, 2.24) is 47.3 Å². The number of hydrogen-bond donors (Lipinski definition) is 9. The highest BCUT2D eigenvalue weighted by atomic mass is 16.5. The van der Waals surface area contributed by atoms with Crippen molar-refractivity contribution in [3.8, 4) is 0 Å². The van der Waals surface area contributed by atoms with Crippen LogP contribution < -0.4 is 37.6 Å². The summed E-state index contributed by atoms with van der Waals surface area (Å²) in [5.74, 6) is -7.02. The van der Waals surface area contributed by atoms with Crippen LogP contribution in [0.1, 0.15) is 94.3 Å². The molecule has 0 aliphatic heterocycles. The first-order valence-electron chi connectivity index (χ1n) is 23.0. The molecular weight excluding hydrogens is 889 g/mol. The van der Waals surface area contributed by atoms with Crippen LogP contribution in [0.3, 0.4) is 0 Å². The van der Waals surface area contributed by atoms with E-state index >= 15 is 0 Å². The lowest BCUT2D eigenvalue weighted by Crippen LogP contribution is -2.62. The van der Waals surface area contributed by atoms with Gasteiger partial charge in [0.25, 0.3) is 11.8 Å². The predicted molar refractivity (Wildman–Crippen MR) is 255 cm³/mol. The van der Waals surface area contributed by atoms with Crippen molar-refractivity contribution in [2.75, 3.05) is 13.2 Å². The number of aliphatic hydroxyl groups is 1. The number of nitrogens with one attached hydrogen (secondary N) is 7. The number of aromatic amines is 1. The highest BCUT2D eigenvalue weighted by Gasteiger charge is 2.39. The summed E-state index contributed by atoms with van der Waals surface area (Å²) in [5.41, 5.74) is 7.64. The molecule has 372 valence electrons. The third-order valence-electron chi connectivity index (χ3n) is 11.2. The van der Waals surface area contributed by atoms with E-state index in [0.29, 0.717) is 29.4 Å². The summed E-state index contributed by atoms with van der Waals surface area (Å²) in [7, 11) is 0. The van der Waals surface area contributed by atoms with E-state index in [-0.39, 0.29) is 37.4 Å². The van der Waals surface area contributed by atoms with Crippen molar-refractivity contribution in [3.63, 3.8) is 0 Å². The number of H-pyrrole nitrogens is 1. The molecule has 10 N–H and O–H groups in total. The van der Waals surface area contributed by atoms with Gasteiger partial charge in [-0.05, 0) is 66.0 Å². The number of carbonyl (C=O) groups excluding carboxylic acids is 8. The average molecular weight is 955 g/mol. The lowest BCUT2D eigenvalue weighted by atomic mass is 9.85. The molecule has 0 aliphatic rings. The Morgan fingerprint density at radius 2 is 1.35 bits per heavy atom. The molecule has 0 fully saturated rings. The first kappa shape index (κ1) is 54.5. The van der Waals surface area contributed by atoms with Crippen LogP contribution in [0.15, 0.2) is 72.8 Å². The number of aromatic nitrogens is 3. The average Bonchev–Trinajstić information content (AvgIpc) is 3.78. The number of aryl methyl sites for hydroxylation is 1. The number of rotatable bonds is 26. The van der Waals surface area contributed by atoms with Crippen LogP contribution in [-0.4, -0.2) is 117 Å². The lowest BCUT2D eigenvalue weighted by molar-refractivity contribution is -0.139. The number of carbonyl (C=O) groups is 8. The lowest BCUT2D eigenvalue weighted by Gasteiger charge is -2.34. The summed E-state index contributed by atoms with van der Waals surface area (Å²) < 4.78 is 5.90. The minimum atomic E-state index is -1.53. The Morgan fingerprint density at radius 1 is 0.739 bits per heavy atom. The zero-order valence-electron chi connectivity index (χ0n) is 40.2. The quantitative estimate of drug-likeness (QED) is 0.0406. The predicted octanol–water partition coefficient (Wildman–Crippen LogP) is 1.58. The van der Waals surface area contributed by atoms with Gasteiger partial charge >= 0.3 is 0 Å². The molecule has 0 radical (unpaired) electrons. The summed E-state index contributed by atoms with van der Waals surface area (Å²) in [6, 6.07) is 12.7. The second-order valence-electron chi connectivity index (χ2n) is 18.4. The third kappa shape index (κ3) is 16.6. The number of amides is 7. The molecule has 1 heterocycles. The fraction of sp³-hybridized carbons (Fsp3) is 0.469. The van der Waals surface area contributed by atoms with Gasteiger partial charge in [-0.3, -0.25) is 43.5 Å². The van der Waals surface area contributed by atoms with Crippen LogP contribution in [0.5, 0.6) is 0 Å². The molecule has 0 unspecified atom stereocenters. The van der Waals surface area contributed by atoms with Gasteiger partial charge in [-0.25, -0.2) is 0 Å². The molecule has 0 saturated carbocycles. The molecule has 1 aromatic heterocycles. The Bertz CT molecular complexity index is 2420. The minimum absolute atomic E-state index is 0.0390. The molecule has 0 aliphatic carbocycles. The largest absolute Gasteiger partial charge is 0.394 e. The zero-order chi connectivity index (χ0) is 50.8. The van der Waals surface area contributed by atoms with Crippen molar-refractivity contribution < 1.29 is 48.2 Å². The van der Waals surface area contributed by atoms with Gasteiger partial charge in [0.05, 0.1) is 31.4 Å². The van der Waals surface area contributed by atoms with Crippen LogP contribution in [0, 0.1) is 18.3 Å². The summed E-state index contributed by atoms with van der Waals surface area (Å²) in [6.45, 7) is 11.3. The fourth-order valence-electron chi connectivity index (χ4n) is 7.28. The number of ether oxygens (including phenoxy) is 1. The van der Waals surface area contributed by atoms with Crippen molar-refractivity contribution in [1.29, 1.82) is 0 Å². The molecule has 69 heavy (non-hydrogen) atoms. The number of aliphatic hydroxyl groups excluding tert-OH is 1. The molecule has 6 atom stereocenters. The third-order valence-corrected chi connectivity index (χ3v) is 11.2. The summed E-state index contributed by atoms with van der Waals surface area (Å²) in [5, 5.41) is 36.5. The van der Waals surface area contributed by atoms with E-state index in [2.05, 4.69) is 47.3 Å². The maximum absolute atomic E-state index is 14.6. The van der Waals surface area contributed by atoms with Crippen LogP contribution >= 0.6 is 0 Å². The molecule has 20 nitrogen and oxygen atoms in total. The number of benzene rings is 3. The number of primary amides is 1. The molecule has 0 saturated heterocycles. The second-order valence-corrected chi connectivity index (χ2v) is 18.4. The number of nitrogens with two attached hydrogens (primary N) is 1. The first-order chi connectivity index (χ1) is 32.7. The maximum Gasteiger partial charge on any atom is 0.287 e. The van der Waals surface area contributed by atoms with E-state index in [9.17, 15) is 43.5 Å². The van der Waals surface area contributed by atoms with Gasteiger partial charge in [0.1, 0.15) is 35.7 Å². The molecule has 3 aromatic carbocycles. The topological polar surface area (TPSA) is 306 Å². The Morgan fingerprint density at radius 3 is 1.99 bits per heavy atom. The summed E-state index contributed by atoms with van der Waals surface area (Å²) >= 11 is 0. The van der Waals surface area contributed by atoms with Gasteiger partial charge < -0.3 is 47.5 Å². The number of ketones is 1. The number of fused-ring (bicyclic) bond motifs is 1. The number of hydrogen-bond acceptors (Lipinski definition) is 12. The molecular formula is C49H66N10O10. The SMILES string of the molecule is CCCC[C@H](NC(=O)[C@H](CC(C)C)NC(=O)[C@@H](NC(=O)[C@H](Cc1ccccc1C)NC(=O)[C@@H](COCc1ccccc1)NC(=O)[C@H](CO)NC(=O)c1ccc2[nH]nnc2c1)C(C)(C)C)C(=O)C(N)=O. The van der Waals surface area contributed by atoms with Gasteiger partial charge in [-0.15, -0.1) is 5.10 Å². The van der Waals surface area contributed by atoms with E-state index in [1.54, 1.807) is 63.2 Å². The zero-order valence-corrected chi connectivity index (χ0v) is 40.2. The Hall–Kier alpha value is -7.06. The van der Waals surface area contributed by atoms with E-state index in [0.717, 1.165) is 11.1 Å². The number of Topliss-reactive ketones (excluding diaryl/α,β-unsaturated/α-hetero) is 1. The monoisotopic (exact) mass is 954 g/mol. The fourth-order valence-corrected chi connectivity index (χ4v) is 7.28. The number of unbranched alkanes of at least 4 members (excludes halogenated alkanes) is 1. The highest BCUT2D eigenvalue weighted by Crippen LogP contribution is 2.21. The van der Waals surface area contributed by atoms with Crippen molar-refractivity contribution in [3.05, 3.63) is 95.1 Å².